The van der Waals surface area contributed by atoms with Crippen LogP contribution in [0.5, 0.6) is 0 Å². The first-order valence-electron chi connectivity index (χ1n) is 9.19. The van der Waals surface area contributed by atoms with E-state index in [1.165, 1.54) is 5.56 Å². The van der Waals surface area contributed by atoms with Crippen LogP contribution < -0.4 is 16.4 Å². The van der Waals surface area contributed by atoms with E-state index in [1.807, 2.05) is 50.3 Å². The quantitative estimate of drug-likeness (QED) is 0.408. The van der Waals surface area contributed by atoms with Crippen molar-refractivity contribution in [1.82, 2.24) is 10.6 Å². The van der Waals surface area contributed by atoms with Crippen LogP contribution in [0, 0.1) is 6.92 Å². The zero-order chi connectivity index (χ0) is 20.7. The number of aryl methyl sites for hydroxylation is 1. The van der Waals surface area contributed by atoms with Gasteiger partial charge >= 0.3 is 0 Å². The zero-order valence-electron chi connectivity index (χ0n) is 17.0. The van der Waals surface area contributed by atoms with Crippen molar-refractivity contribution in [2.45, 2.75) is 20.8 Å². The van der Waals surface area contributed by atoms with E-state index in [-0.39, 0.29) is 0 Å². The summed E-state index contributed by atoms with van der Waals surface area (Å²) >= 11 is 0. The van der Waals surface area contributed by atoms with Gasteiger partial charge in [-0.1, -0.05) is 67.8 Å². The number of anilines is 1. The Balaban J connectivity index is 2.03. The number of benzene rings is 2. The molecule has 0 aliphatic heterocycles. The van der Waals surface area contributed by atoms with Crippen LogP contribution in [0.25, 0.3) is 11.4 Å². The summed E-state index contributed by atoms with van der Waals surface area (Å²) in [5, 5.41) is 6.63. The molecular formula is C25H29N3. The minimum atomic E-state index is 0.726. The van der Waals surface area contributed by atoms with E-state index in [2.05, 4.69) is 61.6 Å². The molecule has 2 aromatic carbocycles. The zero-order valence-corrected chi connectivity index (χ0v) is 17.0. The lowest BCUT2D eigenvalue weighted by molar-refractivity contribution is 1.06. The third-order valence-corrected chi connectivity index (χ3v) is 4.36. The van der Waals surface area contributed by atoms with Gasteiger partial charge in [0, 0.05) is 28.5 Å². The van der Waals surface area contributed by atoms with Crippen LogP contribution in [0.2, 0.25) is 0 Å². The summed E-state index contributed by atoms with van der Waals surface area (Å²) in [6.45, 7) is 18.4. The van der Waals surface area contributed by atoms with Crippen molar-refractivity contribution < 1.29 is 0 Å². The summed E-state index contributed by atoms with van der Waals surface area (Å²) in [5.74, 6) is 0. The standard InChI is InChI=1S/C25H29N3/c1-7-25(28-21(6)22-10-8-17(2)9-11-22)18(3)16-19(4)27-20(5)23-12-14-24(26)15-13-23/h7-16,27-28H,4-6,26H2,1-3H3/b18-16-,25-7+. The minimum absolute atomic E-state index is 0.726. The normalized spacial score (nSPS) is 11.7. The highest BCUT2D eigenvalue weighted by Crippen LogP contribution is 2.18. The van der Waals surface area contributed by atoms with E-state index < -0.39 is 0 Å². The highest BCUT2D eigenvalue weighted by Gasteiger charge is 2.05. The maximum Gasteiger partial charge on any atom is 0.0384 e. The second-order valence-electron chi connectivity index (χ2n) is 6.75. The maximum atomic E-state index is 5.73. The number of nitrogen functional groups attached to an aromatic ring is 1. The lowest BCUT2D eigenvalue weighted by Gasteiger charge is -2.16. The number of allylic oxidation sites excluding steroid dienone is 3. The Kier molecular flexibility index (Phi) is 7.05. The monoisotopic (exact) mass is 371 g/mol. The third kappa shape index (κ3) is 5.78. The molecule has 2 rings (SSSR count). The van der Waals surface area contributed by atoms with Crippen LogP contribution in [0.3, 0.4) is 0 Å². The van der Waals surface area contributed by atoms with Crippen LogP contribution in [0.1, 0.15) is 30.5 Å². The largest absolute Gasteiger partial charge is 0.399 e. The smallest absolute Gasteiger partial charge is 0.0384 e. The van der Waals surface area contributed by atoms with Crippen LogP contribution in [-0.2, 0) is 0 Å². The van der Waals surface area contributed by atoms with Crippen LogP contribution in [0.15, 0.2) is 97.4 Å². The molecule has 0 spiro atoms. The Morgan fingerprint density at radius 3 is 1.89 bits per heavy atom. The van der Waals surface area contributed by atoms with E-state index in [1.54, 1.807) is 0 Å². The molecule has 0 saturated carbocycles. The van der Waals surface area contributed by atoms with E-state index in [0.29, 0.717) is 0 Å². The van der Waals surface area contributed by atoms with Gasteiger partial charge in [-0.25, -0.2) is 0 Å². The van der Waals surface area contributed by atoms with Crippen LogP contribution >= 0.6 is 0 Å². The van der Waals surface area contributed by atoms with Gasteiger partial charge in [-0.2, -0.15) is 0 Å². The van der Waals surface area contributed by atoms with Gasteiger partial charge in [0.15, 0.2) is 0 Å². The topological polar surface area (TPSA) is 50.1 Å². The predicted octanol–water partition coefficient (Wildman–Crippen LogP) is 5.76. The molecule has 0 radical (unpaired) electrons. The summed E-state index contributed by atoms with van der Waals surface area (Å²) in [5.41, 5.74) is 14.1. The van der Waals surface area contributed by atoms with Gasteiger partial charge in [-0.3, -0.25) is 0 Å². The summed E-state index contributed by atoms with van der Waals surface area (Å²) in [6, 6.07) is 15.8. The van der Waals surface area contributed by atoms with Crippen molar-refractivity contribution in [3.05, 3.63) is 114 Å². The molecule has 4 N–H and O–H groups in total. The molecule has 28 heavy (non-hydrogen) atoms. The van der Waals surface area contributed by atoms with Crippen molar-refractivity contribution in [3.63, 3.8) is 0 Å². The van der Waals surface area contributed by atoms with Crippen LogP contribution in [-0.4, -0.2) is 0 Å². The molecule has 0 aliphatic rings. The molecule has 0 saturated heterocycles. The minimum Gasteiger partial charge on any atom is -0.399 e. The van der Waals surface area contributed by atoms with Gasteiger partial charge in [-0.15, -0.1) is 0 Å². The summed E-state index contributed by atoms with van der Waals surface area (Å²) in [4.78, 5) is 0. The molecule has 0 unspecified atom stereocenters. The van der Waals surface area contributed by atoms with Gasteiger partial charge in [0.05, 0.1) is 0 Å². The molecular weight excluding hydrogens is 342 g/mol. The molecule has 0 amide bonds. The molecule has 0 heterocycles. The number of rotatable bonds is 8. The van der Waals surface area contributed by atoms with E-state index in [9.17, 15) is 0 Å². The molecule has 3 heteroatoms. The molecule has 0 atom stereocenters. The Hall–Kier alpha value is -3.46. The Morgan fingerprint density at radius 1 is 0.857 bits per heavy atom. The number of hydrogen-bond acceptors (Lipinski definition) is 3. The van der Waals surface area contributed by atoms with Crippen molar-refractivity contribution in [2.24, 2.45) is 0 Å². The van der Waals surface area contributed by atoms with E-state index in [4.69, 9.17) is 5.73 Å². The SMILES string of the molecule is C=C(/C=C(C)\C(=C/C)NC(=C)c1ccc(C)cc1)NC(=C)c1ccc(N)cc1. The average Bonchev–Trinajstić information content (AvgIpc) is 2.66. The lowest BCUT2D eigenvalue weighted by Crippen LogP contribution is -2.14. The summed E-state index contributed by atoms with van der Waals surface area (Å²) in [6.07, 6.45) is 4.00. The van der Waals surface area contributed by atoms with Crippen molar-refractivity contribution >= 4 is 17.1 Å². The Bertz CT molecular complexity index is 927. The molecule has 3 nitrogen and oxygen atoms in total. The summed E-state index contributed by atoms with van der Waals surface area (Å²) in [7, 11) is 0. The molecule has 0 fully saturated rings. The van der Waals surface area contributed by atoms with Gasteiger partial charge in [-0.05, 0) is 55.7 Å². The second-order valence-corrected chi connectivity index (χ2v) is 6.75. The second kappa shape index (κ2) is 9.47. The molecule has 0 bridgehead atoms. The number of hydrogen-bond donors (Lipinski definition) is 3. The first kappa shape index (κ1) is 20.8. The summed E-state index contributed by atoms with van der Waals surface area (Å²) < 4.78 is 0. The van der Waals surface area contributed by atoms with Gasteiger partial charge in [0.25, 0.3) is 0 Å². The van der Waals surface area contributed by atoms with E-state index in [0.717, 1.165) is 45.2 Å². The predicted molar refractivity (Wildman–Crippen MR) is 123 cm³/mol. The molecule has 144 valence electrons. The fraction of sp³-hybridized carbons (Fsp3) is 0.120. The highest BCUT2D eigenvalue weighted by molar-refractivity contribution is 5.66. The fourth-order valence-electron chi connectivity index (χ4n) is 2.71. The third-order valence-electron chi connectivity index (χ3n) is 4.36. The van der Waals surface area contributed by atoms with Crippen molar-refractivity contribution in [3.8, 4) is 0 Å². The molecule has 0 aromatic heterocycles. The number of nitrogens with two attached hydrogens (primary N) is 1. The fourth-order valence-corrected chi connectivity index (χ4v) is 2.71. The average molecular weight is 372 g/mol. The first-order chi connectivity index (χ1) is 13.3. The first-order valence-corrected chi connectivity index (χ1v) is 9.19. The van der Waals surface area contributed by atoms with Crippen molar-refractivity contribution in [1.29, 1.82) is 0 Å². The van der Waals surface area contributed by atoms with Gasteiger partial charge in [0.2, 0.25) is 0 Å². The van der Waals surface area contributed by atoms with Crippen LogP contribution in [0.4, 0.5) is 5.69 Å². The van der Waals surface area contributed by atoms with Crippen molar-refractivity contribution in [2.75, 3.05) is 5.73 Å². The molecule has 2 aromatic rings. The Morgan fingerprint density at radius 2 is 1.36 bits per heavy atom. The molecule has 0 aliphatic carbocycles. The highest BCUT2D eigenvalue weighted by atomic mass is 14.9. The lowest BCUT2D eigenvalue weighted by atomic mass is 10.1. The Labute approximate surface area is 168 Å². The maximum absolute atomic E-state index is 5.73. The van der Waals surface area contributed by atoms with Gasteiger partial charge < -0.3 is 16.4 Å². The van der Waals surface area contributed by atoms with E-state index >= 15 is 0 Å². The number of nitrogens with one attached hydrogen (secondary N) is 2. The van der Waals surface area contributed by atoms with Gasteiger partial charge in [0.1, 0.15) is 0 Å².